The standard InChI is InChI=1S/C13H26O3/c1-6-7-8-9-10-16-11(14)13(5,15)12(2,3)4/h15H,6-10H2,1-5H3. The number of aliphatic hydroxyl groups is 1. The van der Waals surface area contributed by atoms with E-state index in [0.717, 1.165) is 25.7 Å². The van der Waals surface area contributed by atoms with Gasteiger partial charge in [0.25, 0.3) is 0 Å². The molecule has 0 aromatic rings. The lowest BCUT2D eigenvalue weighted by atomic mass is 9.78. The highest BCUT2D eigenvalue weighted by Crippen LogP contribution is 2.30. The Morgan fingerprint density at radius 1 is 1.12 bits per heavy atom. The highest BCUT2D eigenvalue weighted by molar-refractivity contribution is 5.79. The first-order valence-corrected chi connectivity index (χ1v) is 6.13. The fraction of sp³-hybridized carbons (Fsp3) is 0.923. The lowest BCUT2D eigenvalue weighted by Crippen LogP contribution is -2.48. The van der Waals surface area contributed by atoms with E-state index in [4.69, 9.17) is 4.74 Å². The van der Waals surface area contributed by atoms with Crippen molar-refractivity contribution in [1.29, 1.82) is 0 Å². The number of unbranched alkanes of at least 4 members (excludes halogenated alkanes) is 3. The summed E-state index contributed by atoms with van der Waals surface area (Å²) in [5.41, 5.74) is -1.93. The molecule has 0 rings (SSSR count). The van der Waals surface area contributed by atoms with Crippen LogP contribution in [0.3, 0.4) is 0 Å². The van der Waals surface area contributed by atoms with E-state index in [1.807, 2.05) is 20.8 Å². The highest BCUT2D eigenvalue weighted by atomic mass is 16.5. The number of ether oxygens (including phenoxy) is 1. The fourth-order valence-corrected chi connectivity index (χ4v) is 1.14. The van der Waals surface area contributed by atoms with Gasteiger partial charge in [-0.25, -0.2) is 4.79 Å². The van der Waals surface area contributed by atoms with Gasteiger partial charge in [0.2, 0.25) is 0 Å². The number of hydrogen-bond acceptors (Lipinski definition) is 3. The summed E-state index contributed by atoms with van der Waals surface area (Å²) >= 11 is 0. The van der Waals surface area contributed by atoms with Gasteiger partial charge in [-0.15, -0.1) is 0 Å². The second kappa shape index (κ2) is 6.24. The maximum Gasteiger partial charge on any atom is 0.338 e. The Morgan fingerprint density at radius 3 is 2.12 bits per heavy atom. The molecule has 0 aliphatic rings. The van der Waals surface area contributed by atoms with Gasteiger partial charge in [0, 0.05) is 5.41 Å². The van der Waals surface area contributed by atoms with Gasteiger partial charge >= 0.3 is 5.97 Å². The van der Waals surface area contributed by atoms with Crippen molar-refractivity contribution in [2.75, 3.05) is 6.61 Å². The lowest BCUT2D eigenvalue weighted by molar-refractivity contribution is -0.175. The summed E-state index contributed by atoms with van der Waals surface area (Å²) in [6, 6.07) is 0. The second-order valence-corrected chi connectivity index (χ2v) is 5.52. The zero-order chi connectivity index (χ0) is 12.8. The molecule has 96 valence electrons. The van der Waals surface area contributed by atoms with Crippen LogP contribution < -0.4 is 0 Å². The fourth-order valence-electron chi connectivity index (χ4n) is 1.14. The number of hydrogen-bond donors (Lipinski definition) is 1. The Kier molecular flexibility index (Phi) is 6.01. The quantitative estimate of drug-likeness (QED) is 0.563. The molecule has 0 radical (unpaired) electrons. The third-order valence-corrected chi connectivity index (χ3v) is 3.09. The van der Waals surface area contributed by atoms with Crippen molar-refractivity contribution in [3.8, 4) is 0 Å². The molecule has 0 heterocycles. The lowest BCUT2D eigenvalue weighted by Gasteiger charge is -2.34. The molecule has 0 saturated heterocycles. The van der Waals surface area contributed by atoms with Crippen LogP contribution in [0.2, 0.25) is 0 Å². The smallest absolute Gasteiger partial charge is 0.338 e. The normalized spacial score (nSPS) is 15.6. The molecule has 0 aliphatic carbocycles. The van der Waals surface area contributed by atoms with Crippen LogP contribution in [0.25, 0.3) is 0 Å². The Hall–Kier alpha value is -0.570. The van der Waals surface area contributed by atoms with Crippen molar-refractivity contribution in [2.24, 2.45) is 5.41 Å². The first-order valence-electron chi connectivity index (χ1n) is 6.13. The average molecular weight is 230 g/mol. The van der Waals surface area contributed by atoms with Crippen molar-refractivity contribution in [3.05, 3.63) is 0 Å². The topological polar surface area (TPSA) is 46.5 Å². The van der Waals surface area contributed by atoms with Crippen LogP contribution in [0.4, 0.5) is 0 Å². The van der Waals surface area contributed by atoms with Gasteiger partial charge < -0.3 is 9.84 Å². The van der Waals surface area contributed by atoms with E-state index in [1.165, 1.54) is 6.92 Å². The van der Waals surface area contributed by atoms with Crippen molar-refractivity contribution in [1.82, 2.24) is 0 Å². The molecule has 16 heavy (non-hydrogen) atoms. The Balaban J connectivity index is 3.98. The molecule has 0 aromatic carbocycles. The summed E-state index contributed by atoms with van der Waals surface area (Å²) in [6.45, 7) is 9.53. The van der Waals surface area contributed by atoms with E-state index < -0.39 is 17.0 Å². The van der Waals surface area contributed by atoms with Gasteiger partial charge in [0.05, 0.1) is 6.61 Å². The summed E-state index contributed by atoms with van der Waals surface area (Å²) < 4.78 is 5.09. The van der Waals surface area contributed by atoms with Crippen molar-refractivity contribution in [2.45, 2.75) is 65.9 Å². The number of esters is 1. The van der Waals surface area contributed by atoms with Gasteiger partial charge in [0.15, 0.2) is 5.60 Å². The van der Waals surface area contributed by atoms with E-state index in [2.05, 4.69) is 6.92 Å². The molecule has 0 saturated carbocycles. The van der Waals surface area contributed by atoms with Crippen LogP contribution in [0.5, 0.6) is 0 Å². The Morgan fingerprint density at radius 2 is 1.69 bits per heavy atom. The van der Waals surface area contributed by atoms with Crippen LogP contribution in [0.15, 0.2) is 0 Å². The molecule has 0 bridgehead atoms. The zero-order valence-electron chi connectivity index (χ0n) is 11.3. The van der Waals surface area contributed by atoms with Gasteiger partial charge in [-0.1, -0.05) is 47.0 Å². The highest BCUT2D eigenvalue weighted by Gasteiger charge is 2.43. The second-order valence-electron chi connectivity index (χ2n) is 5.52. The minimum absolute atomic E-state index is 0.408. The SMILES string of the molecule is CCCCCCOC(=O)C(C)(O)C(C)(C)C. The van der Waals surface area contributed by atoms with Gasteiger partial charge in [-0.3, -0.25) is 0 Å². The average Bonchev–Trinajstić information content (AvgIpc) is 2.15. The third-order valence-electron chi connectivity index (χ3n) is 3.09. The third kappa shape index (κ3) is 4.52. The van der Waals surface area contributed by atoms with Crippen molar-refractivity contribution < 1.29 is 14.6 Å². The molecule has 0 aromatic heterocycles. The first-order chi connectivity index (χ1) is 7.23. The van der Waals surface area contributed by atoms with Crippen LogP contribution >= 0.6 is 0 Å². The number of carbonyl (C=O) groups excluding carboxylic acids is 1. The van der Waals surface area contributed by atoms with Gasteiger partial charge in [-0.2, -0.15) is 0 Å². The number of carbonyl (C=O) groups is 1. The predicted octanol–water partition coefficient (Wildman–Crippen LogP) is 2.91. The molecular formula is C13H26O3. The van der Waals surface area contributed by atoms with Crippen molar-refractivity contribution in [3.63, 3.8) is 0 Å². The molecule has 1 unspecified atom stereocenters. The van der Waals surface area contributed by atoms with E-state index in [1.54, 1.807) is 0 Å². The Bertz CT molecular complexity index is 214. The zero-order valence-corrected chi connectivity index (χ0v) is 11.3. The summed E-state index contributed by atoms with van der Waals surface area (Å²) in [4.78, 5) is 11.7. The first kappa shape index (κ1) is 15.4. The van der Waals surface area contributed by atoms with E-state index in [9.17, 15) is 9.90 Å². The molecule has 1 N–H and O–H groups in total. The van der Waals surface area contributed by atoms with Crippen LogP contribution in [-0.2, 0) is 9.53 Å². The molecule has 0 aliphatic heterocycles. The Labute approximate surface area is 99.2 Å². The van der Waals surface area contributed by atoms with Crippen LogP contribution in [0.1, 0.15) is 60.3 Å². The molecule has 0 amide bonds. The molecule has 3 heteroatoms. The monoisotopic (exact) mass is 230 g/mol. The maximum absolute atomic E-state index is 11.7. The summed E-state index contributed by atoms with van der Waals surface area (Å²) in [6.07, 6.45) is 4.27. The van der Waals surface area contributed by atoms with E-state index in [-0.39, 0.29) is 0 Å². The van der Waals surface area contributed by atoms with E-state index >= 15 is 0 Å². The predicted molar refractivity (Wildman–Crippen MR) is 65.2 cm³/mol. The maximum atomic E-state index is 11.7. The van der Waals surface area contributed by atoms with E-state index in [0.29, 0.717) is 6.61 Å². The summed E-state index contributed by atoms with van der Waals surface area (Å²) in [5, 5.41) is 10.0. The molecule has 1 atom stereocenters. The molecule has 0 spiro atoms. The minimum atomic E-state index is -1.42. The molecule has 3 nitrogen and oxygen atoms in total. The molecule has 0 fully saturated rings. The van der Waals surface area contributed by atoms with Crippen LogP contribution in [0, 0.1) is 5.41 Å². The summed E-state index contributed by atoms with van der Waals surface area (Å²) in [7, 11) is 0. The van der Waals surface area contributed by atoms with Crippen molar-refractivity contribution >= 4 is 5.97 Å². The summed E-state index contributed by atoms with van der Waals surface area (Å²) in [5.74, 6) is -0.517. The van der Waals surface area contributed by atoms with Gasteiger partial charge in [-0.05, 0) is 13.3 Å². The number of rotatable bonds is 6. The largest absolute Gasteiger partial charge is 0.464 e. The van der Waals surface area contributed by atoms with Crippen LogP contribution in [-0.4, -0.2) is 23.3 Å². The van der Waals surface area contributed by atoms with Gasteiger partial charge in [0.1, 0.15) is 0 Å². The molecular weight excluding hydrogens is 204 g/mol. The minimum Gasteiger partial charge on any atom is -0.464 e.